The van der Waals surface area contributed by atoms with Crippen LogP contribution in [0.4, 0.5) is 5.82 Å². The highest BCUT2D eigenvalue weighted by molar-refractivity contribution is 5.75. The van der Waals surface area contributed by atoms with Crippen molar-refractivity contribution in [3.05, 3.63) is 30.5 Å². The second kappa shape index (κ2) is 5.11. The van der Waals surface area contributed by atoms with Crippen LogP contribution in [0.3, 0.4) is 0 Å². The molecule has 1 N–H and O–H groups in total. The summed E-state index contributed by atoms with van der Waals surface area (Å²) in [6.45, 7) is 2.05. The molecule has 0 radical (unpaired) electrons. The maximum Gasteiger partial charge on any atom is 0.145 e. The minimum absolute atomic E-state index is 0.243. The van der Waals surface area contributed by atoms with E-state index < -0.39 is 0 Å². The van der Waals surface area contributed by atoms with Crippen molar-refractivity contribution in [2.24, 2.45) is 0 Å². The number of nitrogens with one attached hydrogen (secondary N) is 1. The van der Waals surface area contributed by atoms with E-state index >= 15 is 0 Å². The van der Waals surface area contributed by atoms with Crippen molar-refractivity contribution in [2.45, 2.75) is 12.0 Å². The Morgan fingerprint density at radius 1 is 1.37 bits per heavy atom. The van der Waals surface area contributed by atoms with Gasteiger partial charge in [-0.2, -0.15) is 0 Å². The largest absolute Gasteiger partial charge is 0.378 e. The van der Waals surface area contributed by atoms with E-state index in [1.165, 1.54) is 0 Å². The molecule has 0 amide bonds. The molecule has 1 aliphatic heterocycles. The van der Waals surface area contributed by atoms with Crippen LogP contribution in [-0.2, 0) is 9.47 Å². The molecule has 19 heavy (non-hydrogen) atoms. The Hall–Kier alpha value is -1.72. The summed E-state index contributed by atoms with van der Waals surface area (Å²) in [7, 11) is 1.72. The lowest BCUT2D eigenvalue weighted by molar-refractivity contribution is -0.00625. The molecule has 2 aromatic rings. The molecule has 2 heterocycles. The maximum absolute atomic E-state index is 5.57. The molecule has 1 fully saturated rings. The van der Waals surface area contributed by atoms with E-state index in [1.807, 2.05) is 24.3 Å². The number of rotatable bonds is 4. The zero-order valence-electron chi connectivity index (χ0n) is 10.9. The molecule has 0 saturated carbocycles. The van der Waals surface area contributed by atoms with Crippen LogP contribution in [0.2, 0.25) is 0 Å². The quantitative estimate of drug-likeness (QED) is 0.908. The fourth-order valence-corrected chi connectivity index (χ4v) is 2.26. The van der Waals surface area contributed by atoms with E-state index in [4.69, 9.17) is 9.47 Å². The van der Waals surface area contributed by atoms with Crippen LogP contribution in [0, 0.1) is 0 Å². The summed E-state index contributed by atoms with van der Waals surface area (Å²) in [5.41, 5.74) is 1.55. The van der Waals surface area contributed by atoms with Gasteiger partial charge in [0.25, 0.3) is 0 Å². The van der Waals surface area contributed by atoms with Gasteiger partial charge in [-0.15, -0.1) is 0 Å². The minimum Gasteiger partial charge on any atom is -0.378 e. The molecule has 1 aliphatic rings. The number of benzene rings is 1. The third-order valence-electron chi connectivity index (χ3n) is 3.54. The van der Waals surface area contributed by atoms with Crippen molar-refractivity contribution in [3.63, 3.8) is 0 Å². The second-order valence-electron chi connectivity index (χ2n) is 4.79. The van der Waals surface area contributed by atoms with Gasteiger partial charge in [-0.1, -0.05) is 12.1 Å². The van der Waals surface area contributed by atoms with Crippen molar-refractivity contribution in [2.75, 3.05) is 32.2 Å². The van der Waals surface area contributed by atoms with Crippen molar-refractivity contribution in [1.29, 1.82) is 0 Å². The molecule has 5 heteroatoms. The van der Waals surface area contributed by atoms with Crippen LogP contribution in [0.15, 0.2) is 30.5 Å². The van der Waals surface area contributed by atoms with Gasteiger partial charge in [0, 0.05) is 26.7 Å². The molecule has 1 atom stereocenters. The van der Waals surface area contributed by atoms with Crippen LogP contribution in [0.25, 0.3) is 11.0 Å². The Morgan fingerprint density at radius 2 is 2.21 bits per heavy atom. The van der Waals surface area contributed by atoms with Crippen LogP contribution in [0.1, 0.15) is 6.42 Å². The van der Waals surface area contributed by atoms with Crippen LogP contribution >= 0.6 is 0 Å². The Bertz CT molecular complexity index is 567. The monoisotopic (exact) mass is 259 g/mol. The predicted molar refractivity (Wildman–Crippen MR) is 73.2 cm³/mol. The van der Waals surface area contributed by atoms with Gasteiger partial charge in [-0.05, 0) is 12.1 Å². The molecule has 3 rings (SSSR count). The fourth-order valence-electron chi connectivity index (χ4n) is 2.26. The molecule has 0 spiro atoms. The molecule has 1 aromatic carbocycles. The SMILES string of the molecule is COC1(CNc2cnc3ccccc3n2)CCOC1. The molecule has 1 aromatic heterocycles. The Morgan fingerprint density at radius 3 is 2.95 bits per heavy atom. The van der Waals surface area contributed by atoms with Crippen molar-refractivity contribution < 1.29 is 9.47 Å². The highest BCUT2D eigenvalue weighted by atomic mass is 16.5. The average molecular weight is 259 g/mol. The predicted octanol–water partition coefficient (Wildman–Crippen LogP) is 1.85. The number of fused-ring (bicyclic) bond motifs is 1. The topological polar surface area (TPSA) is 56.3 Å². The van der Waals surface area contributed by atoms with Crippen molar-refractivity contribution >= 4 is 16.9 Å². The molecule has 1 unspecified atom stereocenters. The lowest BCUT2D eigenvalue weighted by Crippen LogP contribution is -2.39. The van der Waals surface area contributed by atoms with Gasteiger partial charge in [0.2, 0.25) is 0 Å². The molecular weight excluding hydrogens is 242 g/mol. The number of nitrogens with zero attached hydrogens (tertiary/aromatic N) is 2. The maximum atomic E-state index is 5.57. The third kappa shape index (κ3) is 2.52. The zero-order valence-corrected chi connectivity index (χ0v) is 10.9. The summed E-state index contributed by atoms with van der Waals surface area (Å²) in [4.78, 5) is 8.91. The number of anilines is 1. The number of ether oxygens (including phenoxy) is 2. The van der Waals surface area contributed by atoms with Crippen molar-refractivity contribution in [3.8, 4) is 0 Å². The van der Waals surface area contributed by atoms with Gasteiger partial charge >= 0.3 is 0 Å². The fraction of sp³-hybridized carbons (Fsp3) is 0.429. The lowest BCUT2D eigenvalue weighted by atomic mass is 10.0. The smallest absolute Gasteiger partial charge is 0.145 e. The first-order valence-electron chi connectivity index (χ1n) is 6.40. The normalized spacial score (nSPS) is 22.8. The zero-order chi connectivity index (χ0) is 13.1. The van der Waals surface area contributed by atoms with E-state index in [1.54, 1.807) is 13.3 Å². The van der Waals surface area contributed by atoms with Gasteiger partial charge in [0.1, 0.15) is 11.4 Å². The van der Waals surface area contributed by atoms with Gasteiger partial charge in [0.05, 0.1) is 23.8 Å². The summed E-state index contributed by atoms with van der Waals surface area (Å²) in [5, 5.41) is 3.29. The van der Waals surface area contributed by atoms with Crippen molar-refractivity contribution in [1.82, 2.24) is 9.97 Å². The average Bonchev–Trinajstić information content (AvgIpc) is 2.94. The molecule has 0 bridgehead atoms. The number of methoxy groups -OCH3 is 1. The first-order valence-corrected chi connectivity index (χ1v) is 6.40. The number of hydrogen-bond donors (Lipinski definition) is 1. The third-order valence-corrected chi connectivity index (χ3v) is 3.54. The Labute approximate surface area is 112 Å². The van der Waals surface area contributed by atoms with Gasteiger partial charge in [-0.3, -0.25) is 4.98 Å². The van der Waals surface area contributed by atoms with Gasteiger partial charge in [-0.25, -0.2) is 4.98 Å². The van der Waals surface area contributed by atoms with Crippen LogP contribution in [-0.4, -0.2) is 42.4 Å². The first kappa shape index (κ1) is 12.3. The highest BCUT2D eigenvalue weighted by Gasteiger charge is 2.34. The Kier molecular flexibility index (Phi) is 3.31. The Balaban J connectivity index is 1.74. The summed E-state index contributed by atoms with van der Waals surface area (Å²) in [6.07, 6.45) is 2.65. The van der Waals surface area contributed by atoms with Gasteiger partial charge < -0.3 is 14.8 Å². The second-order valence-corrected chi connectivity index (χ2v) is 4.79. The standard InChI is InChI=1S/C14H17N3O2/c1-18-14(6-7-19-10-14)9-16-13-8-15-11-4-2-3-5-12(11)17-13/h2-5,8H,6-7,9-10H2,1H3,(H,16,17). The van der Waals surface area contributed by atoms with Gasteiger partial charge in [0.15, 0.2) is 0 Å². The highest BCUT2D eigenvalue weighted by Crippen LogP contribution is 2.23. The first-order chi connectivity index (χ1) is 9.31. The van der Waals surface area contributed by atoms with Crippen LogP contribution in [0.5, 0.6) is 0 Å². The summed E-state index contributed by atoms with van der Waals surface area (Å²) in [5.74, 6) is 0.766. The summed E-state index contributed by atoms with van der Waals surface area (Å²) >= 11 is 0. The lowest BCUT2D eigenvalue weighted by Gasteiger charge is -2.26. The molecule has 5 nitrogen and oxygen atoms in total. The van der Waals surface area contributed by atoms with E-state index in [0.717, 1.165) is 29.9 Å². The molecule has 0 aliphatic carbocycles. The van der Waals surface area contributed by atoms with E-state index in [0.29, 0.717) is 13.2 Å². The van der Waals surface area contributed by atoms with E-state index in [-0.39, 0.29) is 5.60 Å². The summed E-state index contributed by atoms with van der Waals surface area (Å²) in [6, 6.07) is 7.83. The summed E-state index contributed by atoms with van der Waals surface area (Å²) < 4.78 is 11.0. The van der Waals surface area contributed by atoms with Crippen LogP contribution < -0.4 is 5.32 Å². The van der Waals surface area contributed by atoms with E-state index in [2.05, 4.69) is 15.3 Å². The number of aromatic nitrogens is 2. The molecular formula is C14H17N3O2. The molecule has 1 saturated heterocycles. The minimum atomic E-state index is -0.243. The number of para-hydroxylation sites is 2. The number of hydrogen-bond acceptors (Lipinski definition) is 5. The molecule has 100 valence electrons. The van der Waals surface area contributed by atoms with E-state index in [9.17, 15) is 0 Å².